The van der Waals surface area contributed by atoms with E-state index in [0.29, 0.717) is 38.8 Å². The van der Waals surface area contributed by atoms with Crippen molar-refractivity contribution in [2.75, 3.05) is 0 Å². The van der Waals surface area contributed by atoms with Crippen LogP contribution in [0.2, 0.25) is 10.0 Å². The van der Waals surface area contributed by atoms with Crippen LogP contribution >= 0.6 is 34.5 Å². The number of carbonyl (C=O) groups excluding carboxylic acids is 1. The Balaban J connectivity index is 1.68. The number of hydrogen-bond donors (Lipinski definition) is 1. The quantitative estimate of drug-likeness (QED) is 0.378. The van der Waals surface area contributed by atoms with Gasteiger partial charge in [-0.15, -0.1) is 11.3 Å². The largest absolute Gasteiger partial charge is 0.467 e. The summed E-state index contributed by atoms with van der Waals surface area (Å²) in [6.07, 6.45) is 6.20. The van der Waals surface area contributed by atoms with E-state index in [0.717, 1.165) is 30.4 Å². The van der Waals surface area contributed by atoms with E-state index in [9.17, 15) is 4.79 Å². The number of nitrogens with zero attached hydrogens (tertiary/aromatic N) is 1. The molecule has 0 fully saturated rings. The van der Waals surface area contributed by atoms with Gasteiger partial charge in [-0.25, -0.2) is 4.99 Å². The van der Waals surface area contributed by atoms with Crippen LogP contribution in [-0.2, 0) is 19.4 Å². The molecule has 1 atom stereocenters. The third-order valence-corrected chi connectivity index (χ3v) is 8.00. The molecular weight excluding hydrogens is 463 g/mol. The maximum absolute atomic E-state index is 13.2. The number of furan rings is 1. The summed E-state index contributed by atoms with van der Waals surface area (Å²) in [4.78, 5) is 19.2. The Morgan fingerprint density at radius 3 is 2.81 bits per heavy atom. The van der Waals surface area contributed by atoms with Crippen LogP contribution in [0.3, 0.4) is 0 Å². The number of nitrogens with one attached hydrogen (secondary N) is 1. The molecule has 0 bridgehead atoms. The molecule has 1 aromatic carbocycles. The minimum absolute atomic E-state index is 0.127. The van der Waals surface area contributed by atoms with Gasteiger partial charge in [-0.2, -0.15) is 0 Å². The lowest BCUT2D eigenvalue weighted by Crippen LogP contribution is -2.28. The number of aliphatic imine (C=N–C) groups is 1. The highest BCUT2D eigenvalue weighted by molar-refractivity contribution is 7.16. The first-order valence-corrected chi connectivity index (χ1v) is 12.2. The number of thiophene rings is 1. The standard InChI is InChI=1S/C25H26Cl2N2O2S/c1-25(2,3)16-9-10-18-20(12-16)32-24(29-13-15-6-4-8-19(26)22(15)27)21(18)23(30)28-14-17-7-5-11-31-17/h4-8,11,13,16H,9-10,12,14H2,1-3H3,(H,28,30)/t16-/m0/s1. The minimum atomic E-state index is -0.127. The highest BCUT2D eigenvalue weighted by atomic mass is 35.5. The maximum atomic E-state index is 13.2. The van der Waals surface area contributed by atoms with Crippen molar-refractivity contribution in [2.24, 2.45) is 16.3 Å². The Morgan fingerprint density at radius 2 is 2.09 bits per heavy atom. The molecule has 4 rings (SSSR count). The molecule has 1 N–H and O–H groups in total. The van der Waals surface area contributed by atoms with Crippen LogP contribution in [0.15, 0.2) is 46.0 Å². The maximum Gasteiger partial charge on any atom is 0.255 e. The minimum Gasteiger partial charge on any atom is -0.467 e. The van der Waals surface area contributed by atoms with E-state index in [1.807, 2.05) is 24.3 Å². The van der Waals surface area contributed by atoms with Crippen molar-refractivity contribution in [3.05, 3.63) is 74.0 Å². The van der Waals surface area contributed by atoms with Crippen LogP contribution < -0.4 is 5.32 Å². The number of fused-ring (bicyclic) bond motifs is 1. The molecule has 0 saturated carbocycles. The molecule has 0 spiro atoms. The summed E-state index contributed by atoms with van der Waals surface area (Å²) in [7, 11) is 0. The van der Waals surface area contributed by atoms with Gasteiger partial charge in [-0.05, 0) is 54.4 Å². The highest BCUT2D eigenvalue weighted by Gasteiger charge is 2.33. The Labute approximate surface area is 202 Å². The smallest absolute Gasteiger partial charge is 0.255 e. The first-order valence-electron chi connectivity index (χ1n) is 10.7. The van der Waals surface area contributed by atoms with Gasteiger partial charge < -0.3 is 9.73 Å². The van der Waals surface area contributed by atoms with Crippen molar-refractivity contribution in [3.8, 4) is 0 Å². The van der Waals surface area contributed by atoms with E-state index in [1.165, 1.54) is 4.88 Å². The fourth-order valence-electron chi connectivity index (χ4n) is 4.05. The molecular formula is C25H26Cl2N2O2S. The van der Waals surface area contributed by atoms with Gasteiger partial charge in [0.1, 0.15) is 10.8 Å². The van der Waals surface area contributed by atoms with E-state index in [2.05, 4.69) is 26.1 Å². The van der Waals surface area contributed by atoms with Crippen molar-refractivity contribution in [3.63, 3.8) is 0 Å². The molecule has 0 radical (unpaired) electrons. The summed E-state index contributed by atoms with van der Waals surface area (Å²) < 4.78 is 5.36. The SMILES string of the molecule is CC(C)(C)[C@H]1CCc2c(sc(N=Cc3cccc(Cl)c3Cl)c2C(=O)NCc2ccco2)C1. The Hall–Kier alpha value is -2.08. The van der Waals surface area contributed by atoms with Crippen LogP contribution in [0.25, 0.3) is 0 Å². The van der Waals surface area contributed by atoms with Gasteiger partial charge in [0, 0.05) is 16.7 Å². The topological polar surface area (TPSA) is 54.6 Å². The van der Waals surface area contributed by atoms with Crippen LogP contribution in [0.1, 0.15) is 59.3 Å². The fourth-order valence-corrected chi connectivity index (χ4v) is 5.68. The predicted octanol–water partition coefficient (Wildman–Crippen LogP) is 7.48. The summed E-state index contributed by atoms with van der Waals surface area (Å²) >= 11 is 14.1. The molecule has 0 aliphatic heterocycles. The van der Waals surface area contributed by atoms with Gasteiger partial charge in [0.25, 0.3) is 5.91 Å². The summed E-state index contributed by atoms with van der Waals surface area (Å²) in [6.45, 7) is 7.19. The Morgan fingerprint density at radius 1 is 1.28 bits per heavy atom. The molecule has 1 aliphatic carbocycles. The second-order valence-corrected chi connectivity index (χ2v) is 11.0. The third kappa shape index (κ3) is 4.95. The van der Waals surface area contributed by atoms with Crippen LogP contribution in [0.4, 0.5) is 5.00 Å². The molecule has 0 saturated heterocycles. The molecule has 0 unspecified atom stereocenters. The molecule has 3 aromatic rings. The van der Waals surface area contributed by atoms with Crippen LogP contribution in [-0.4, -0.2) is 12.1 Å². The van der Waals surface area contributed by atoms with Crippen LogP contribution in [0.5, 0.6) is 0 Å². The van der Waals surface area contributed by atoms with E-state index in [1.54, 1.807) is 29.9 Å². The zero-order valence-corrected chi connectivity index (χ0v) is 20.7. The van der Waals surface area contributed by atoms with Gasteiger partial charge in [-0.3, -0.25) is 4.79 Å². The van der Waals surface area contributed by atoms with Gasteiger partial charge in [0.15, 0.2) is 0 Å². The normalized spacial score (nSPS) is 16.3. The molecule has 7 heteroatoms. The molecule has 1 amide bonds. The van der Waals surface area contributed by atoms with Crippen molar-refractivity contribution in [2.45, 2.75) is 46.6 Å². The number of amides is 1. The summed E-state index contributed by atoms with van der Waals surface area (Å²) in [5.41, 5.74) is 2.73. The van der Waals surface area contributed by atoms with Crippen molar-refractivity contribution in [1.82, 2.24) is 5.32 Å². The first kappa shape index (κ1) is 23.1. The van der Waals surface area contributed by atoms with Gasteiger partial charge in [-0.1, -0.05) is 56.1 Å². The Bertz CT molecular complexity index is 1140. The number of carbonyl (C=O) groups is 1. The lowest BCUT2D eigenvalue weighted by atomic mass is 9.72. The van der Waals surface area contributed by atoms with E-state index < -0.39 is 0 Å². The lowest BCUT2D eigenvalue weighted by Gasteiger charge is -2.33. The first-order chi connectivity index (χ1) is 15.2. The second kappa shape index (κ2) is 9.42. The van der Waals surface area contributed by atoms with Crippen molar-refractivity contribution >= 4 is 51.7 Å². The number of halogens is 2. The number of benzene rings is 1. The van der Waals surface area contributed by atoms with Gasteiger partial charge >= 0.3 is 0 Å². The second-order valence-electron chi connectivity index (χ2n) is 9.15. The zero-order valence-electron chi connectivity index (χ0n) is 18.4. The lowest BCUT2D eigenvalue weighted by molar-refractivity contribution is 0.0947. The van der Waals surface area contributed by atoms with Gasteiger partial charge in [0.05, 0.1) is 28.4 Å². The summed E-state index contributed by atoms with van der Waals surface area (Å²) in [5.74, 6) is 1.16. The average Bonchev–Trinajstić information content (AvgIpc) is 3.39. The molecule has 2 aromatic heterocycles. The van der Waals surface area contributed by atoms with E-state index >= 15 is 0 Å². The van der Waals surface area contributed by atoms with Crippen molar-refractivity contribution < 1.29 is 9.21 Å². The molecule has 1 aliphatic rings. The highest BCUT2D eigenvalue weighted by Crippen LogP contribution is 2.45. The molecule has 4 nitrogen and oxygen atoms in total. The molecule has 32 heavy (non-hydrogen) atoms. The predicted molar refractivity (Wildman–Crippen MR) is 133 cm³/mol. The van der Waals surface area contributed by atoms with E-state index in [4.69, 9.17) is 32.6 Å². The van der Waals surface area contributed by atoms with Crippen molar-refractivity contribution in [1.29, 1.82) is 0 Å². The monoisotopic (exact) mass is 488 g/mol. The van der Waals surface area contributed by atoms with Gasteiger partial charge in [0.2, 0.25) is 0 Å². The molecule has 2 heterocycles. The number of hydrogen-bond acceptors (Lipinski definition) is 4. The fraction of sp³-hybridized carbons (Fsp3) is 0.360. The zero-order chi connectivity index (χ0) is 22.9. The number of rotatable bonds is 5. The molecule has 168 valence electrons. The summed E-state index contributed by atoms with van der Waals surface area (Å²) in [5, 5.41) is 4.63. The summed E-state index contributed by atoms with van der Waals surface area (Å²) in [6, 6.07) is 9.09. The van der Waals surface area contributed by atoms with E-state index in [-0.39, 0.29) is 11.3 Å². The van der Waals surface area contributed by atoms with Crippen LogP contribution in [0, 0.1) is 11.3 Å². The average molecular weight is 489 g/mol. The Kier molecular flexibility index (Phi) is 6.80. The third-order valence-electron chi connectivity index (χ3n) is 6.00.